The number of ether oxygens (including phenoxy) is 3. The van der Waals surface area contributed by atoms with Crippen molar-refractivity contribution in [2.45, 2.75) is 40.2 Å². The van der Waals surface area contributed by atoms with E-state index in [1.54, 1.807) is 7.11 Å². The molecule has 6 nitrogen and oxygen atoms in total. The van der Waals surface area contributed by atoms with Gasteiger partial charge in [-0.25, -0.2) is 0 Å². The van der Waals surface area contributed by atoms with E-state index in [1.807, 2.05) is 51.1 Å². The molecule has 1 heterocycles. The van der Waals surface area contributed by atoms with E-state index in [9.17, 15) is 9.59 Å². The second kappa shape index (κ2) is 9.80. The zero-order valence-electron chi connectivity index (χ0n) is 16.4. The Kier molecular flexibility index (Phi) is 7.46. The number of Topliss-reactive ketones (excluding diaryl/α,β-unsaturated/α-hetero) is 1. The number of ketones is 1. The molecule has 0 aliphatic rings. The van der Waals surface area contributed by atoms with Gasteiger partial charge in [-0.05, 0) is 57.5 Å². The average Bonchev–Trinajstić information content (AvgIpc) is 2.97. The number of benzene rings is 1. The minimum Gasteiger partial charge on any atom is -0.497 e. The van der Waals surface area contributed by atoms with Gasteiger partial charge in [0, 0.05) is 29.9 Å². The van der Waals surface area contributed by atoms with Crippen molar-refractivity contribution in [3.63, 3.8) is 0 Å². The molecule has 0 radical (unpaired) electrons. The highest BCUT2D eigenvalue weighted by atomic mass is 16.5. The number of carbonyl (C=O) groups is 2. The third-order valence-electron chi connectivity index (χ3n) is 4.41. The minimum absolute atomic E-state index is 0.175. The molecular formula is C21H27NO5. The van der Waals surface area contributed by atoms with Gasteiger partial charge in [-0.15, -0.1) is 0 Å². The quantitative estimate of drug-likeness (QED) is 0.361. The lowest BCUT2D eigenvalue weighted by molar-refractivity contribution is -0.142. The molecule has 0 saturated heterocycles. The molecule has 1 aromatic heterocycles. The molecule has 1 aromatic carbocycles. The van der Waals surface area contributed by atoms with Crippen LogP contribution >= 0.6 is 0 Å². The highest BCUT2D eigenvalue weighted by Crippen LogP contribution is 2.17. The monoisotopic (exact) mass is 373 g/mol. The van der Waals surface area contributed by atoms with Crippen molar-refractivity contribution < 1.29 is 23.8 Å². The van der Waals surface area contributed by atoms with Crippen molar-refractivity contribution in [2.75, 3.05) is 20.3 Å². The number of nitrogens with zero attached hydrogens (tertiary/aromatic N) is 1. The van der Waals surface area contributed by atoms with Crippen LogP contribution in [-0.4, -0.2) is 36.6 Å². The van der Waals surface area contributed by atoms with E-state index < -0.39 is 5.97 Å². The van der Waals surface area contributed by atoms with Crippen LogP contribution < -0.4 is 9.47 Å². The van der Waals surface area contributed by atoms with Crippen LogP contribution in [-0.2, 0) is 16.1 Å². The second-order valence-electron chi connectivity index (χ2n) is 6.24. The maximum absolute atomic E-state index is 12.3. The van der Waals surface area contributed by atoms with Crippen molar-refractivity contribution in [3.05, 3.63) is 47.3 Å². The van der Waals surface area contributed by atoms with Gasteiger partial charge in [0.05, 0.1) is 13.7 Å². The first kappa shape index (κ1) is 20.6. The lowest BCUT2D eigenvalue weighted by Crippen LogP contribution is -2.15. The van der Waals surface area contributed by atoms with Crippen molar-refractivity contribution >= 4 is 11.8 Å². The molecule has 0 saturated carbocycles. The Morgan fingerprint density at radius 1 is 1.07 bits per heavy atom. The molecule has 0 N–H and O–H groups in total. The van der Waals surface area contributed by atoms with Gasteiger partial charge in [0.1, 0.15) is 11.5 Å². The highest BCUT2D eigenvalue weighted by Gasteiger charge is 2.16. The maximum Gasteiger partial charge on any atom is 0.306 e. The van der Waals surface area contributed by atoms with E-state index in [1.165, 1.54) is 0 Å². The zero-order valence-corrected chi connectivity index (χ0v) is 16.4. The Labute approximate surface area is 160 Å². The Bertz CT molecular complexity index is 777. The molecular weight excluding hydrogens is 346 g/mol. The largest absolute Gasteiger partial charge is 0.497 e. The normalized spacial score (nSPS) is 10.5. The number of hydrogen-bond acceptors (Lipinski definition) is 5. The third-order valence-corrected chi connectivity index (χ3v) is 4.41. The Hall–Kier alpha value is -2.76. The number of carbonyl (C=O) groups excluding carboxylic acids is 2. The Morgan fingerprint density at radius 2 is 1.74 bits per heavy atom. The van der Waals surface area contributed by atoms with Crippen LogP contribution in [0.15, 0.2) is 30.3 Å². The smallest absolute Gasteiger partial charge is 0.306 e. The molecule has 0 atom stereocenters. The Morgan fingerprint density at radius 3 is 2.33 bits per heavy atom. The summed E-state index contributed by atoms with van der Waals surface area (Å²) >= 11 is 0. The first-order valence-electron chi connectivity index (χ1n) is 9.08. The predicted molar refractivity (Wildman–Crippen MR) is 103 cm³/mol. The van der Waals surface area contributed by atoms with E-state index in [4.69, 9.17) is 14.2 Å². The fraction of sp³-hybridized carbons (Fsp3) is 0.429. The molecule has 2 aromatic rings. The number of aryl methyl sites for hydroxylation is 1. The summed E-state index contributed by atoms with van der Waals surface area (Å²) in [5.74, 6) is 0.901. The van der Waals surface area contributed by atoms with Crippen LogP contribution in [0.4, 0.5) is 0 Å². The highest BCUT2D eigenvalue weighted by molar-refractivity contribution is 5.99. The standard InChI is InChI=1S/C21H27NO5/c1-5-22-15(2)13-19(16(22)3)20(23)14-27-21(24)7-6-12-26-18-10-8-17(25-4)9-11-18/h8-11,13H,5-7,12,14H2,1-4H3. The summed E-state index contributed by atoms with van der Waals surface area (Å²) in [6, 6.07) is 9.08. The van der Waals surface area contributed by atoms with Crippen molar-refractivity contribution in [1.82, 2.24) is 4.57 Å². The molecule has 0 unspecified atom stereocenters. The van der Waals surface area contributed by atoms with Gasteiger partial charge >= 0.3 is 5.97 Å². The Balaban J connectivity index is 1.70. The van der Waals surface area contributed by atoms with Gasteiger partial charge in [-0.1, -0.05) is 0 Å². The van der Waals surface area contributed by atoms with Crippen LogP contribution in [0.2, 0.25) is 0 Å². The van der Waals surface area contributed by atoms with Crippen molar-refractivity contribution in [2.24, 2.45) is 0 Å². The summed E-state index contributed by atoms with van der Waals surface area (Å²) in [7, 11) is 1.61. The van der Waals surface area contributed by atoms with E-state index in [2.05, 4.69) is 4.57 Å². The topological polar surface area (TPSA) is 66.8 Å². The summed E-state index contributed by atoms with van der Waals surface area (Å²) in [5, 5.41) is 0. The van der Waals surface area contributed by atoms with Crippen LogP contribution in [0.5, 0.6) is 11.5 Å². The molecule has 0 bridgehead atoms. The van der Waals surface area contributed by atoms with Gasteiger partial charge in [-0.3, -0.25) is 9.59 Å². The molecule has 0 fully saturated rings. The predicted octanol–water partition coefficient (Wildman–Crippen LogP) is 3.72. The van der Waals surface area contributed by atoms with Gasteiger partial charge < -0.3 is 18.8 Å². The molecule has 27 heavy (non-hydrogen) atoms. The lowest BCUT2D eigenvalue weighted by atomic mass is 10.1. The van der Waals surface area contributed by atoms with Crippen LogP contribution in [0, 0.1) is 13.8 Å². The third kappa shape index (κ3) is 5.61. The van der Waals surface area contributed by atoms with E-state index in [0.29, 0.717) is 24.3 Å². The number of hydrogen-bond donors (Lipinski definition) is 0. The summed E-state index contributed by atoms with van der Waals surface area (Å²) < 4.78 is 17.8. The van der Waals surface area contributed by atoms with Crippen molar-refractivity contribution in [3.8, 4) is 11.5 Å². The van der Waals surface area contributed by atoms with Crippen LogP contribution in [0.3, 0.4) is 0 Å². The van der Waals surface area contributed by atoms with E-state index in [0.717, 1.165) is 23.7 Å². The number of methoxy groups -OCH3 is 1. The SMILES string of the molecule is CCn1c(C)cc(C(=O)COC(=O)CCCOc2ccc(OC)cc2)c1C. The molecule has 6 heteroatoms. The van der Waals surface area contributed by atoms with Crippen LogP contribution in [0.1, 0.15) is 41.5 Å². The zero-order chi connectivity index (χ0) is 19.8. The van der Waals surface area contributed by atoms with E-state index >= 15 is 0 Å². The lowest BCUT2D eigenvalue weighted by Gasteiger charge is -2.08. The first-order valence-corrected chi connectivity index (χ1v) is 9.08. The molecule has 0 amide bonds. The maximum atomic E-state index is 12.3. The summed E-state index contributed by atoms with van der Waals surface area (Å²) in [4.78, 5) is 24.1. The molecule has 2 rings (SSSR count). The molecule has 146 valence electrons. The molecule has 0 aliphatic carbocycles. The summed E-state index contributed by atoms with van der Waals surface area (Å²) in [6.45, 7) is 6.87. The van der Waals surface area contributed by atoms with Gasteiger partial charge in [0.2, 0.25) is 5.78 Å². The molecule has 0 aliphatic heterocycles. The summed E-state index contributed by atoms with van der Waals surface area (Å²) in [6.07, 6.45) is 0.723. The van der Waals surface area contributed by atoms with E-state index in [-0.39, 0.29) is 18.8 Å². The van der Waals surface area contributed by atoms with Crippen LogP contribution in [0.25, 0.3) is 0 Å². The number of aromatic nitrogens is 1. The molecule has 0 spiro atoms. The van der Waals surface area contributed by atoms with Gasteiger partial charge in [0.15, 0.2) is 6.61 Å². The summed E-state index contributed by atoms with van der Waals surface area (Å²) in [5.41, 5.74) is 2.55. The second-order valence-corrected chi connectivity index (χ2v) is 6.24. The van der Waals surface area contributed by atoms with Crippen molar-refractivity contribution in [1.29, 1.82) is 0 Å². The number of rotatable bonds is 10. The average molecular weight is 373 g/mol. The fourth-order valence-electron chi connectivity index (χ4n) is 2.94. The first-order chi connectivity index (χ1) is 13.0. The van der Waals surface area contributed by atoms with Gasteiger partial charge in [-0.2, -0.15) is 0 Å². The van der Waals surface area contributed by atoms with Gasteiger partial charge in [0.25, 0.3) is 0 Å². The number of esters is 1. The fourth-order valence-corrected chi connectivity index (χ4v) is 2.94. The minimum atomic E-state index is -0.397.